The van der Waals surface area contributed by atoms with Gasteiger partial charge in [0.25, 0.3) is 0 Å². The summed E-state index contributed by atoms with van der Waals surface area (Å²) in [5.74, 6) is 2.30. The lowest BCUT2D eigenvalue weighted by molar-refractivity contribution is -0.126. The van der Waals surface area contributed by atoms with Gasteiger partial charge in [0.05, 0.1) is 12.4 Å². The second-order valence-electron chi connectivity index (χ2n) is 7.43. The second-order valence-corrected chi connectivity index (χ2v) is 7.43. The smallest absolute Gasteiger partial charge is 0.223 e. The summed E-state index contributed by atoms with van der Waals surface area (Å²) in [6, 6.07) is 2.24. The van der Waals surface area contributed by atoms with Gasteiger partial charge in [-0.15, -0.1) is 0 Å². The Hall–Kier alpha value is -2.64. The normalized spacial score (nSPS) is 21.3. The van der Waals surface area contributed by atoms with Gasteiger partial charge in [0.15, 0.2) is 0 Å². The van der Waals surface area contributed by atoms with Gasteiger partial charge in [-0.05, 0) is 25.7 Å². The van der Waals surface area contributed by atoms with Crippen molar-refractivity contribution in [3.63, 3.8) is 0 Å². The van der Waals surface area contributed by atoms with Gasteiger partial charge in [0, 0.05) is 63.6 Å². The molecule has 27 heavy (non-hydrogen) atoms. The minimum Gasteiger partial charge on any atom is -0.355 e. The molecule has 0 radical (unpaired) electrons. The van der Waals surface area contributed by atoms with Crippen LogP contribution in [0.25, 0.3) is 0 Å². The van der Waals surface area contributed by atoms with Gasteiger partial charge < -0.3 is 15.1 Å². The summed E-state index contributed by atoms with van der Waals surface area (Å²) < 4.78 is 1.90. The molecule has 1 amide bonds. The Morgan fingerprint density at radius 3 is 2.67 bits per heavy atom. The average Bonchev–Trinajstić information content (AvgIpc) is 3.15. The van der Waals surface area contributed by atoms with E-state index in [0.29, 0.717) is 0 Å². The van der Waals surface area contributed by atoms with Gasteiger partial charge >= 0.3 is 0 Å². The topological polar surface area (TPSA) is 79.2 Å². The predicted molar refractivity (Wildman–Crippen MR) is 104 cm³/mol. The first-order chi connectivity index (χ1) is 13.2. The lowest BCUT2D eigenvalue weighted by Gasteiger charge is -2.36. The van der Waals surface area contributed by atoms with Gasteiger partial charge in [0.1, 0.15) is 11.6 Å². The van der Waals surface area contributed by atoms with E-state index in [2.05, 4.69) is 30.2 Å². The molecule has 1 atom stereocenters. The number of nitrogens with zero attached hydrogens (tertiary/aromatic N) is 6. The van der Waals surface area contributed by atoms with E-state index in [9.17, 15) is 4.79 Å². The maximum Gasteiger partial charge on any atom is 0.223 e. The van der Waals surface area contributed by atoms with Crippen LogP contribution in [0.1, 0.15) is 25.7 Å². The highest BCUT2D eigenvalue weighted by Crippen LogP contribution is 2.23. The molecule has 0 unspecified atom stereocenters. The molecule has 2 aliphatic heterocycles. The Kier molecular flexibility index (Phi) is 5.22. The lowest BCUT2D eigenvalue weighted by atomic mass is 9.95. The number of piperidine rings is 2. The van der Waals surface area contributed by atoms with Crippen LogP contribution in [0.15, 0.2) is 30.9 Å². The molecule has 0 spiro atoms. The molecule has 2 aliphatic rings. The first-order valence-corrected chi connectivity index (χ1v) is 9.75. The van der Waals surface area contributed by atoms with Gasteiger partial charge in [-0.1, -0.05) is 0 Å². The monoisotopic (exact) mass is 369 g/mol. The van der Waals surface area contributed by atoms with Crippen LogP contribution in [0, 0.1) is 5.92 Å². The van der Waals surface area contributed by atoms with Crippen molar-refractivity contribution in [2.24, 2.45) is 13.0 Å². The molecule has 2 saturated heterocycles. The number of aromatic nitrogens is 4. The van der Waals surface area contributed by atoms with E-state index in [1.54, 1.807) is 18.6 Å². The van der Waals surface area contributed by atoms with Crippen molar-refractivity contribution < 1.29 is 4.79 Å². The Labute approximate surface area is 159 Å². The van der Waals surface area contributed by atoms with Crippen LogP contribution >= 0.6 is 0 Å². The van der Waals surface area contributed by atoms with Crippen LogP contribution in [0.4, 0.5) is 11.6 Å². The molecular formula is C19H27N7O. The highest BCUT2D eigenvalue weighted by molar-refractivity contribution is 5.79. The number of amides is 1. The number of rotatable bonds is 4. The Morgan fingerprint density at radius 2 is 1.96 bits per heavy atom. The minimum absolute atomic E-state index is 0.0880. The predicted octanol–water partition coefficient (Wildman–Crippen LogP) is 1.21. The maximum atomic E-state index is 12.8. The van der Waals surface area contributed by atoms with Crippen molar-refractivity contribution in [1.29, 1.82) is 0 Å². The number of aryl methyl sites for hydroxylation is 1. The van der Waals surface area contributed by atoms with Crippen molar-refractivity contribution in [3.05, 3.63) is 30.9 Å². The summed E-state index contributed by atoms with van der Waals surface area (Å²) >= 11 is 0. The standard InChI is InChI=1S/C19H27N7O/c1-24-18(4-7-22-24)26-10-2-3-16(14-26)23-19(27)15-5-11-25(12-6-15)17-13-20-8-9-21-17/h4,7-9,13,15-16H,2-3,5-6,10-12,14H2,1H3,(H,23,27)/t16-/m1/s1. The molecule has 0 aliphatic carbocycles. The molecule has 0 saturated carbocycles. The quantitative estimate of drug-likeness (QED) is 0.873. The number of hydrogen-bond donors (Lipinski definition) is 1. The SMILES string of the molecule is Cn1nccc1N1CCC[C@@H](NC(=O)C2CCN(c3cnccn3)CC2)C1. The lowest BCUT2D eigenvalue weighted by Crippen LogP contribution is -2.51. The highest BCUT2D eigenvalue weighted by Gasteiger charge is 2.29. The van der Waals surface area contributed by atoms with Gasteiger partial charge in [-0.3, -0.25) is 14.5 Å². The van der Waals surface area contributed by atoms with E-state index in [1.165, 1.54) is 0 Å². The number of nitrogens with one attached hydrogen (secondary N) is 1. The minimum atomic E-state index is 0.0880. The summed E-state index contributed by atoms with van der Waals surface area (Å²) in [5, 5.41) is 7.55. The molecular weight excluding hydrogens is 342 g/mol. The van der Waals surface area contributed by atoms with Crippen LogP contribution in [0.3, 0.4) is 0 Å². The molecule has 2 aromatic rings. The Balaban J connectivity index is 1.29. The molecule has 2 fully saturated rings. The average molecular weight is 369 g/mol. The summed E-state index contributed by atoms with van der Waals surface area (Å²) in [6.45, 7) is 3.57. The fourth-order valence-electron chi connectivity index (χ4n) is 4.12. The molecule has 144 valence electrons. The first kappa shape index (κ1) is 17.8. The Bertz CT molecular complexity index is 754. The van der Waals surface area contributed by atoms with Crippen LogP contribution < -0.4 is 15.1 Å². The van der Waals surface area contributed by atoms with E-state index in [0.717, 1.165) is 63.5 Å². The van der Waals surface area contributed by atoms with Crippen LogP contribution in [-0.4, -0.2) is 57.9 Å². The number of carbonyl (C=O) groups is 1. The third-order valence-electron chi connectivity index (χ3n) is 5.63. The van der Waals surface area contributed by atoms with Crippen molar-refractivity contribution in [3.8, 4) is 0 Å². The van der Waals surface area contributed by atoms with Gasteiger partial charge in [-0.25, -0.2) is 4.98 Å². The second kappa shape index (κ2) is 7.94. The van der Waals surface area contributed by atoms with Gasteiger partial charge in [-0.2, -0.15) is 5.10 Å². The van der Waals surface area contributed by atoms with Crippen LogP contribution in [0.5, 0.6) is 0 Å². The molecule has 0 aromatic carbocycles. The number of carbonyl (C=O) groups excluding carboxylic acids is 1. The maximum absolute atomic E-state index is 12.8. The first-order valence-electron chi connectivity index (χ1n) is 9.75. The van der Waals surface area contributed by atoms with E-state index in [1.807, 2.05) is 24.0 Å². The van der Waals surface area contributed by atoms with E-state index in [-0.39, 0.29) is 17.9 Å². The van der Waals surface area contributed by atoms with Gasteiger partial charge in [0.2, 0.25) is 5.91 Å². The third kappa shape index (κ3) is 4.04. The molecule has 8 heteroatoms. The van der Waals surface area contributed by atoms with E-state index >= 15 is 0 Å². The van der Waals surface area contributed by atoms with E-state index in [4.69, 9.17) is 0 Å². The van der Waals surface area contributed by atoms with Crippen LogP contribution in [-0.2, 0) is 11.8 Å². The summed E-state index contributed by atoms with van der Waals surface area (Å²) in [4.78, 5) is 25.8. The largest absolute Gasteiger partial charge is 0.355 e. The van der Waals surface area contributed by atoms with Crippen LogP contribution in [0.2, 0.25) is 0 Å². The Morgan fingerprint density at radius 1 is 1.11 bits per heavy atom. The van der Waals surface area contributed by atoms with Crippen molar-refractivity contribution >= 4 is 17.5 Å². The molecule has 8 nitrogen and oxygen atoms in total. The molecule has 4 rings (SSSR count). The van der Waals surface area contributed by atoms with Crippen molar-refractivity contribution in [2.45, 2.75) is 31.7 Å². The molecule has 1 N–H and O–H groups in total. The zero-order valence-electron chi connectivity index (χ0n) is 15.8. The molecule has 4 heterocycles. The fourth-order valence-corrected chi connectivity index (χ4v) is 4.12. The zero-order valence-corrected chi connectivity index (χ0v) is 15.8. The highest BCUT2D eigenvalue weighted by atomic mass is 16.2. The summed E-state index contributed by atoms with van der Waals surface area (Å²) in [7, 11) is 1.96. The number of anilines is 2. The summed E-state index contributed by atoms with van der Waals surface area (Å²) in [6.07, 6.45) is 10.9. The third-order valence-corrected chi connectivity index (χ3v) is 5.63. The van der Waals surface area contributed by atoms with Crippen molar-refractivity contribution in [2.75, 3.05) is 36.0 Å². The van der Waals surface area contributed by atoms with E-state index < -0.39 is 0 Å². The molecule has 0 bridgehead atoms. The summed E-state index contributed by atoms with van der Waals surface area (Å²) in [5.41, 5.74) is 0. The zero-order chi connectivity index (χ0) is 18.6. The molecule has 2 aromatic heterocycles. The van der Waals surface area contributed by atoms with Crippen molar-refractivity contribution in [1.82, 2.24) is 25.1 Å². The number of hydrogen-bond acceptors (Lipinski definition) is 6. The fraction of sp³-hybridized carbons (Fsp3) is 0.579.